The van der Waals surface area contributed by atoms with E-state index in [-0.39, 0.29) is 19.8 Å². The SMILES string of the molecule is Cc1ccc(C(=O)OCC(C)(CO)CO)cc1. The van der Waals surface area contributed by atoms with Gasteiger partial charge in [-0.25, -0.2) is 4.79 Å². The van der Waals surface area contributed by atoms with E-state index in [2.05, 4.69) is 0 Å². The van der Waals surface area contributed by atoms with Crippen molar-refractivity contribution in [2.24, 2.45) is 5.41 Å². The molecule has 0 saturated carbocycles. The van der Waals surface area contributed by atoms with Crippen LogP contribution in [0.1, 0.15) is 22.8 Å². The zero-order chi connectivity index (χ0) is 12.9. The predicted octanol–water partition coefficient (Wildman–Crippen LogP) is 1.14. The molecule has 1 aromatic carbocycles. The summed E-state index contributed by atoms with van der Waals surface area (Å²) in [5.41, 5.74) is 0.742. The first-order valence-corrected chi connectivity index (χ1v) is 5.46. The van der Waals surface area contributed by atoms with Gasteiger partial charge in [-0.2, -0.15) is 0 Å². The molecule has 2 N–H and O–H groups in total. The second kappa shape index (κ2) is 5.80. The Bertz CT molecular complexity index is 366. The molecule has 0 aliphatic carbocycles. The van der Waals surface area contributed by atoms with Crippen LogP contribution in [0.5, 0.6) is 0 Å². The zero-order valence-corrected chi connectivity index (χ0v) is 10.1. The molecule has 0 atom stereocenters. The summed E-state index contributed by atoms with van der Waals surface area (Å²) in [7, 11) is 0. The molecule has 0 bridgehead atoms. The maximum absolute atomic E-state index is 11.6. The number of ether oxygens (including phenoxy) is 1. The topological polar surface area (TPSA) is 66.8 Å². The number of esters is 1. The highest BCUT2D eigenvalue weighted by molar-refractivity contribution is 5.89. The van der Waals surface area contributed by atoms with Gasteiger partial charge in [-0.1, -0.05) is 24.6 Å². The van der Waals surface area contributed by atoms with Gasteiger partial charge >= 0.3 is 5.97 Å². The third-order valence-corrected chi connectivity index (χ3v) is 2.60. The molecule has 0 fully saturated rings. The number of carbonyl (C=O) groups excluding carboxylic acids is 1. The summed E-state index contributed by atoms with van der Waals surface area (Å²) in [6.07, 6.45) is 0. The molecule has 0 aromatic heterocycles. The molecule has 0 saturated heterocycles. The minimum Gasteiger partial charge on any atom is -0.461 e. The van der Waals surface area contributed by atoms with Crippen molar-refractivity contribution in [3.63, 3.8) is 0 Å². The summed E-state index contributed by atoms with van der Waals surface area (Å²) in [6.45, 7) is 3.11. The first kappa shape index (κ1) is 13.7. The van der Waals surface area contributed by atoms with Gasteiger partial charge in [0, 0.05) is 5.41 Å². The third kappa shape index (κ3) is 3.84. The predicted molar refractivity (Wildman–Crippen MR) is 63.7 cm³/mol. The second-order valence-electron chi connectivity index (χ2n) is 4.57. The Morgan fingerprint density at radius 1 is 1.24 bits per heavy atom. The van der Waals surface area contributed by atoms with Crippen molar-refractivity contribution in [3.05, 3.63) is 35.4 Å². The molecule has 0 aliphatic heterocycles. The van der Waals surface area contributed by atoms with Crippen LogP contribution in [0.3, 0.4) is 0 Å². The van der Waals surface area contributed by atoms with Gasteiger partial charge < -0.3 is 14.9 Å². The van der Waals surface area contributed by atoms with Gasteiger partial charge in [0.2, 0.25) is 0 Å². The van der Waals surface area contributed by atoms with Gasteiger partial charge in [0.1, 0.15) is 6.61 Å². The maximum Gasteiger partial charge on any atom is 0.338 e. The van der Waals surface area contributed by atoms with Crippen LogP contribution in [0.2, 0.25) is 0 Å². The second-order valence-corrected chi connectivity index (χ2v) is 4.57. The minimum absolute atomic E-state index is 0.00723. The lowest BCUT2D eigenvalue weighted by molar-refractivity contribution is -0.00627. The fraction of sp³-hybridized carbons (Fsp3) is 0.462. The standard InChI is InChI=1S/C13H18O4/c1-10-3-5-11(6-4-10)12(16)17-9-13(2,7-14)8-15/h3-6,14-15H,7-9H2,1-2H3. The van der Waals surface area contributed by atoms with E-state index in [1.54, 1.807) is 19.1 Å². The smallest absolute Gasteiger partial charge is 0.338 e. The maximum atomic E-state index is 11.6. The summed E-state index contributed by atoms with van der Waals surface area (Å²) >= 11 is 0. The minimum atomic E-state index is -0.791. The molecule has 4 nitrogen and oxygen atoms in total. The van der Waals surface area contributed by atoms with Crippen LogP contribution in [-0.4, -0.2) is 36.0 Å². The summed E-state index contributed by atoms with van der Waals surface area (Å²) in [4.78, 5) is 11.6. The molecular formula is C13H18O4. The van der Waals surface area contributed by atoms with E-state index in [0.717, 1.165) is 5.56 Å². The zero-order valence-electron chi connectivity index (χ0n) is 10.1. The fourth-order valence-corrected chi connectivity index (χ4v) is 1.15. The van der Waals surface area contributed by atoms with Crippen LogP contribution in [-0.2, 0) is 4.74 Å². The van der Waals surface area contributed by atoms with E-state index in [1.807, 2.05) is 19.1 Å². The molecule has 1 rings (SSSR count). The van der Waals surface area contributed by atoms with Gasteiger partial charge in [-0.05, 0) is 19.1 Å². The number of hydrogen-bond donors (Lipinski definition) is 2. The molecule has 0 aliphatic rings. The average Bonchev–Trinajstić information content (AvgIpc) is 2.36. The van der Waals surface area contributed by atoms with Crippen molar-refractivity contribution in [1.82, 2.24) is 0 Å². The van der Waals surface area contributed by atoms with Crippen LogP contribution in [0.15, 0.2) is 24.3 Å². The Labute approximate surface area is 101 Å². The molecule has 4 heteroatoms. The fourth-order valence-electron chi connectivity index (χ4n) is 1.15. The first-order valence-electron chi connectivity index (χ1n) is 5.46. The van der Waals surface area contributed by atoms with Crippen molar-refractivity contribution in [2.45, 2.75) is 13.8 Å². The summed E-state index contributed by atoms with van der Waals surface area (Å²) in [6, 6.07) is 7.03. The highest BCUT2D eigenvalue weighted by atomic mass is 16.5. The molecule has 94 valence electrons. The van der Waals surface area contributed by atoms with Crippen molar-refractivity contribution in [1.29, 1.82) is 0 Å². The highest BCUT2D eigenvalue weighted by Gasteiger charge is 2.24. The molecule has 17 heavy (non-hydrogen) atoms. The van der Waals surface area contributed by atoms with Crippen LogP contribution in [0, 0.1) is 12.3 Å². The first-order chi connectivity index (χ1) is 8.00. The van der Waals surface area contributed by atoms with Gasteiger partial charge in [0.05, 0.1) is 18.8 Å². The normalized spacial score (nSPS) is 11.3. The quantitative estimate of drug-likeness (QED) is 0.755. The summed E-state index contributed by atoms with van der Waals surface area (Å²) in [5.74, 6) is -0.446. The molecule has 1 aromatic rings. The van der Waals surface area contributed by atoms with Crippen molar-refractivity contribution in [2.75, 3.05) is 19.8 Å². The van der Waals surface area contributed by atoms with E-state index in [1.165, 1.54) is 0 Å². The molecule has 0 spiro atoms. The van der Waals surface area contributed by atoms with Gasteiger partial charge in [0.25, 0.3) is 0 Å². The molecular weight excluding hydrogens is 220 g/mol. The number of aliphatic hydroxyl groups excluding tert-OH is 2. The van der Waals surface area contributed by atoms with Crippen LogP contribution in [0.4, 0.5) is 0 Å². The Balaban J connectivity index is 2.58. The van der Waals surface area contributed by atoms with Crippen molar-refractivity contribution >= 4 is 5.97 Å². The largest absolute Gasteiger partial charge is 0.461 e. The average molecular weight is 238 g/mol. The van der Waals surface area contributed by atoms with Crippen LogP contribution in [0.25, 0.3) is 0 Å². The number of aliphatic hydroxyl groups is 2. The Kier molecular flexibility index (Phi) is 4.66. The van der Waals surface area contributed by atoms with Gasteiger partial charge in [0.15, 0.2) is 0 Å². The molecule has 0 unspecified atom stereocenters. The Morgan fingerprint density at radius 2 is 1.76 bits per heavy atom. The summed E-state index contributed by atoms with van der Waals surface area (Å²) in [5, 5.41) is 18.1. The lowest BCUT2D eigenvalue weighted by atomic mass is 9.94. The van der Waals surface area contributed by atoms with Crippen molar-refractivity contribution in [3.8, 4) is 0 Å². The van der Waals surface area contributed by atoms with E-state index in [9.17, 15) is 4.79 Å². The summed E-state index contributed by atoms with van der Waals surface area (Å²) < 4.78 is 5.06. The van der Waals surface area contributed by atoms with E-state index >= 15 is 0 Å². The van der Waals surface area contributed by atoms with E-state index in [4.69, 9.17) is 14.9 Å². The van der Waals surface area contributed by atoms with Crippen LogP contribution >= 0.6 is 0 Å². The van der Waals surface area contributed by atoms with E-state index < -0.39 is 11.4 Å². The number of hydrogen-bond acceptors (Lipinski definition) is 4. The number of carbonyl (C=O) groups is 1. The van der Waals surface area contributed by atoms with Gasteiger partial charge in [-0.3, -0.25) is 0 Å². The lowest BCUT2D eigenvalue weighted by Crippen LogP contribution is -2.32. The lowest BCUT2D eigenvalue weighted by Gasteiger charge is -2.23. The Morgan fingerprint density at radius 3 is 2.24 bits per heavy atom. The van der Waals surface area contributed by atoms with Crippen molar-refractivity contribution < 1.29 is 19.7 Å². The number of aryl methyl sites for hydroxylation is 1. The Hall–Kier alpha value is -1.39. The molecule has 0 heterocycles. The molecule has 0 amide bonds. The van der Waals surface area contributed by atoms with E-state index in [0.29, 0.717) is 5.56 Å². The monoisotopic (exact) mass is 238 g/mol. The van der Waals surface area contributed by atoms with Gasteiger partial charge in [-0.15, -0.1) is 0 Å². The number of benzene rings is 1. The number of rotatable bonds is 5. The highest BCUT2D eigenvalue weighted by Crippen LogP contribution is 2.15. The third-order valence-electron chi connectivity index (χ3n) is 2.60. The van der Waals surface area contributed by atoms with Crippen LogP contribution < -0.4 is 0 Å². The molecule has 0 radical (unpaired) electrons.